The number of ether oxygens (including phenoxy) is 2. The highest BCUT2D eigenvalue weighted by Crippen LogP contribution is 2.70. The second kappa shape index (κ2) is 32.6. The van der Waals surface area contributed by atoms with E-state index in [2.05, 4.69) is 79.7 Å². The topological polar surface area (TPSA) is 84.9 Å². The molecule has 1 amide bonds. The standard InChI is InChI=1S/C63H116N2O5/c1-11-16-20-24-26-30-35-49(33-28-22-18-13-3)60(67)69-51-41-43-63(8)55-42-44-62(7)53(48(6)37-40-57(66)64-45-32-46-65(9)10)38-39-54(62)58(55)59(52(15-5)56(63)47-51)70-61(68)50(34-29-23-19-14-4)36-31-27-25-21-17-12-2/h48-56,58-59H,11-47H2,1-10H3,(H,64,66)/t48-,49?,50?,51-,52-,53-,54+,55+,56+,58+,59-,62-,63-/m1/s1. The number of nitrogens with one attached hydrogen (secondary N) is 1. The van der Waals surface area contributed by atoms with Gasteiger partial charge < -0.3 is 19.7 Å². The van der Waals surface area contributed by atoms with Gasteiger partial charge in [0.1, 0.15) is 12.2 Å². The minimum absolute atomic E-state index is 0.0137. The number of hydrogen-bond donors (Lipinski definition) is 1. The van der Waals surface area contributed by atoms with Gasteiger partial charge in [-0.05, 0) is 157 Å². The summed E-state index contributed by atoms with van der Waals surface area (Å²) in [5.41, 5.74) is 0.296. The maximum absolute atomic E-state index is 15.1. The Kier molecular flexibility index (Phi) is 28.4. The Morgan fingerprint density at radius 1 is 0.571 bits per heavy atom. The van der Waals surface area contributed by atoms with E-state index in [0.29, 0.717) is 41.9 Å². The van der Waals surface area contributed by atoms with E-state index < -0.39 is 0 Å². The van der Waals surface area contributed by atoms with Crippen molar-refractivity contribution < 1.29 is 23.9 Å². The van der Waals surface area contributed by atoms with Crippen molar-refractivity contribution in [2.45, 2.75) is 292 Å². The summed E-state index contributed by atoms with van der Waals surface area (Å²) in [6, 6.07) is 0. The molecule has 7 nitrogen and oxygen atoms in total. The average molecular weight is 982 g/mol. The van der Waals surface area contributed by atoms with Crippen LogP contribution in [0.5, 0.6) is 0 Å². The van der Waals surface area contributed by atoms with Gasteiger partial charge in [-0.2, -0.15) is 0 Å². The van der Waals surface area contributed by atoms with Gasteiger partial charge in [0.2, 0.25) is 5.91 Å². The molecule has 1 N–H and O–H groups in total. The van der Waals surface area contributed by atoms with Gasteiger partial charge in [-0.3, -0.25) is 14.4 Å². The summed E-state index contributed by atoms with van der Waals surface area (Å²) in [6.07, 6.45) is 39.4. The Balaban J connectivity index is 1.60. The number of rotatable bonds is 37. The van der Waals surface area contributed by atoms with Crippen LogP contribution in [0.2, 0.25) is 0 Å². The van der Waals surface area contributed by atoms with E-state index in [0.717, 1.165) is 103 Å². The molecule has 0 aliphatic heterocycles. The number of hydrogen-bond acceptors (Lipinski definition) is 6. The van der Waals surface area contributed by atoms with E-state index in [1.54, 1.807) is 0 Å². The summed E-state index contributed by atoms with van der Waals surface area (Å²) in [6.45, 7) is 20.9. The molecule has 408 valence electrons. The largest absolute Gasteiger partial charge is 0.462 e. The molecule has 4 aliphatic carbocycles. The van der Waals surface area contributed by atoms with Gasteiger partial charge in [0.25, 0.3) is 0 Å². The molecule has 0 bridgehead atoms. The van der Waals surface area contributed by atoms with E-state index in [9.17, 15) is 9.59 Å². The average Bonchev–Trinajstić information content (AvgIpc) is 3.70. The van der Waals surface area contributed by atoms with Gasteiger partial charge >= 0.3 is 11.9 Å². The van der Waals surface area contributed by atoms with Crippen LogP contribution in [0, 0.1) is 64.1 Å². The predicted molar refractivity (Wildman–Crippen MR) is 295 cm³/mol. The van der Waals surface area contributed by atoms with Crippen LogP contribution < -0.4 is 5.32 Å². The Morgan fingerprint density at radius 2 is 1.06 bits per heavy atom. The van der Waals surface area contributed by atoms with E-state index >= 15 is 4.79 Å². The van der Waals surface area contributed by atoms with Crippen LogP contribution in [0.15, 0.2) is 0 Å². The normalized spacial score (nSPS) is 29.7. The molecule has 4 fully saturated rings. The fourth-order valence-corrected chi connectivity index (χ4v) is 15.7. The highest BCUT2D eigenvalue weighted by atomic mass is 16.5. The summed E-state index contributed by atoms with van der Waals surface area (Å²) in [5.74, 6) is 3.39. The fraction of sp³-hybridized carbons (Fsp3) is 0.952. The first-order valence-electron chi connectivity index (χ1n) is 31.1. The molecule has 7 heteroatoms. The Morgan fingerprint density at radius 3 is 1.59 bits per heavy atom. The number of amides is 1. The second-order valence-corrected chi connectivity index (χ2v) is 25.2. The first kappa shape index (κ1) is 60.9. The van der Waals surface area contributed by atoms with Crippen molar-refractivity contribution in [1.29, 1.82) is 0 Å². The molecular formula is C63H116N2O5. The highest BCUT2D eigenvalue weighted by molar-refractivity contribution is 5.75. The summed E-state index contributed by atoms with van der Waals surface area (Å²) < 4.78 is 14.1. The van der Waals surface area contributed by atoms with Crippen molar-refractivity contribution in [2.24, 2.45) is 64.1 Å². The molecule has 0 aromatic rings. The lowest BCUT2D eigenvalue weighted by Gasteiger charge is -2.65. The fourth-order valence-electron chi connectivity index (χ4n) is 15.7. The zero-order valence-electron chi connectivity index (χ0n) is 48.0. The van der Waals surface area contributed by atoms with E-state index in [-0.39, 0.29) is 58.6 Å². The Bertz CT molecular complexity index is 1450. The van der Waals surface area contributed by atoms with Gasteiger partial charge in [-0.25, -0.2) is 0 Å². The van der Waals surface area contributed by atoms with Crippen LogP contribution in [0.1, 0.15) is 280 Å². The van der Waals surface area contributed by atoms with Crippen molar-refractivity contribution in [3.05, 3.63) is 0 Å². The molecule has 0 spiro atoms. The quantitative estimate of drug-likeness (QED) is 0.0493. The Labute approximate surface area is 433 Å². The first-order valence-corrected chi connectivity index (χ1v) is 31.1. The maximum atomic E-state index is 15.1. The summed E-state index contributed by atoms with van der Waals surface area (Å²) in [4.78, 5) is 44.7. The molecule has 70 heavy (non-hydrogen) atoms. The van der Waals surface area contributed by atoms with Crippen LogP contribution in [-0.4, -0.2) is 62.1 Å². The third-order valence-corrected chi connectivity index (χ3v) is 19.9. The summed E-state index contributed by atoms with van der Waals surface area (Å²) in [5, 5.41) is 3.21. The maximum Gasteiger partial charge on any atom is 0.309 e. The minimum Gasteiger partial charge on any atom is -0.462 e. The lowest BCUT2D eigenvalue weighted by Crippen LogP contribution is -2.63. The number of unbranched alkanes of at least 4 members (excludes halogenated alkanes) is 16. The number of esters is 2. The third kappa shape index (κ3) is 18.0. The minimum atomic E-state index is -0.0941. The molecular weight excluding hydrogens is 865 g/mol. The third-order valence-electron chi connectivity index (χ3n) is 19.9. The van der Waals surface area contributed by atoms with Crippen molar-refractivity contribution in [1.82, 2.24) is 10.2 Å². The van der Waals surface area contributed by atoms with Gasteiger partial charge in [-0.15, -0.1) is 0 Å². The molecule has 4 saturated carbocycles. The van der Waals surface area contributed by atoms with Gasteiger partial charge in [0.15, 0.2) is 0 Å². The van der Waals surface area contributed by atoms with Crippen LogP contribution in [0.25, 0.3) is 0 Å². The van der Waals surface area contributed by atoms with Crippen molar-refractivity contribution in [2.75, 3.05) is 27.2 Å². The highest BCUT2D eigenvalue weighted by Gasteiger charge is 2.66. The van der Waals surface area contributed by atoms with Crippen molar-refractivity contribution in [3.63, 3.8) is 0 Å². The summed E-state index contributed by atoms with van der Waals surface area (Å²) >= 11 is 0. The molecule has 0 saturated heterocycles. The number of carbonyl (C=O) groups is 3. The molecule has 0 heterocycles. The van der Waals surface area contributed by atoms with Crippen LogP contribution in [-0.2, 0) is 23.9 Å². The van der Waals surface area contributed by atoms with Crippen LogP contribution in [0.3, 0.4) is 0 Å². The second-order valence-electron chi connectivity index (χ2n) is 25.2. The molecule has 0 aromatic heterocycles. The lowest BCUT2D eigenvalue weighted by atomic mass is 9.41. The molecule has 2 unspecified atom stereocenters. The van der Waals surface area contributed by atoms with Crippen molar-refractivity contribution in [3.8, 4) is 0 Å². The van der Waals surface area contributed by atoms with E-state index in [4.69, 9.17) is 9.47 Å². The van der Waals surface area contributed by atoms with Gasteiger partial charge in [-0.1, -0.05) is 184 Å². The molecule has 4 aliphatic rings. The Hall–Kier alpha value is -1.63. The van der Waals surface area contributed by atoms with E-state index in [1.807, 2.05) is 0 Å². The van der Waals surface area contributed by atoms with Gasteiger partial charge in [0.05, 0.1) is 11.8 Å². The SMILES string of the molecule is CCCCCCCCC(CCCCCC)C(=O)O[C@@H]1CC[C@@]2(C)[C@@H](C1)[C@@H](CC)[C@@H](OC(=O)C(CCCCCC)CCCCCCCC)[C@@H]1[C@@H]2CC[C@]2(C)[C@@H]([C@H](C)CCC(=O)NCCCN(C)C)CC[C@@H]12. The number of carbonyl (C=O) groups excluding carboxylic acids is 3. The molecule has 13 atom stereocenters. The van der Waals surface area contributed by atoms with Crippen LogP contribution >= 0.6 is 0 Å². The predicted octanol–water partition coefficient (Wildman–Crippen LogP) is 16.9. The summed E-state index contributed by atoms with van der Waals surface area (Å²) in [7, 11) is 4.17. The van der Waals surface area contributed by atoms with Crippen LogP contribution in [0.4, 0.5) is 0 Å². The van der Waals surface area contributed by atoms with Crippen molar-refractivity contribution >= 4 is 17.8 Å². The zero-order chi connectivity index (χ0) is 50.9. The zero-order valence-corrected chi connectivity index (χ0v) is 48.0. The van der Waals surface area contributed by atoms with E-state index in [1.165, 1.54) is 128 Å². The lowest BCUT2D eigenvalue weighted by molar-refractivity contribution is -0.222. The smallest absolute Gasteiger partial charge is 0.309 e. The number of nitrogens with zero attached hydrogens (tertiary/aromatic N) is 1. The van der Waals surface area contributed by atoms with Gasteiger partial charge in [0, 0.05) is 18.9 Å². The molecule has 4 rings (SSSR count). The molecule has 0 aromatic carbocycles. The first-order chi connectivity index (χ1) is 33.8. The monoisotopic (exact) mass is 981 g/mol. The molecule has 0 radical (unpaired) electrons. The number of fused-ring (bicyclic) bond motifs is 5.